The highest BCUT2D eigenvalue weighted by Crippen LogP contribution is 2.64. The molecule has 22 nitrogen and oxygen atoms in total. The van der Waals surface area contributed by atoms with Crippen LogP contribution in [0, 0.1) is 16.7 Å². The van der Waals surface area contributed by atoms with E-state index in [1.807, 2.05) is 6.26 Å². The van der Waals surface area contributed by atoms with Crippen LogP contribution >= 0.6 is 21.6 Å². The van der Waals surface area contributed by atoms with Crippen molar-refractivity contribution < 1.29 is 91.6 Å². The molecule has 4 aliphatic rings. The zero-order valence-electron chi connectivity index (χ0n) is 45.6. The van der Waals surface area contributed by atoms with Crippen molar-refractivity contribution in [3.63, 3.8) is 0 Å². The fourth-order valence-corrected chi connectivity index (χ4v) is 12.2. The number of ether oxygens (including phenoxy) is 8. The van der Waals surface area contributed by atoms with Crippen LogP contribution in [0.2, 0.25) is 0 Å². The third-order valence-electron chi connectivity index (χ3n) is 15.1. The van der Waals surface area contributed by atoms with E-state index in [-0.39, 0.29) is 53.2 Å². The van der Waals surface area contributed by atoms with Crippen molar-refractivity contribution in [3.05, 3.63) is 113 Å². The molecular formula is C56H67N3O19S2. The number of rotatable bonds is 17. The molecule has 3 aliphatic carbocycles. The van der Waals surface area contributed by atoms with Gasteiger partial charge in [-0.05, 0) is 94.0 Å². The number of Topliss-reactive ketones (excluding diaryl/α,β-unsaturated/α-hetero) is 1. The Bertz CT molecular complexity index is 2850. The van der Waals surface area contributed by atoms with Gasteiger partial charge in [0.1, 0.15) is 54.0 Å². The summed E-state index contributed by atoms with van der Waals surface area (Å²) >= 11 is 0. The number of fused-ring (bicyclic) bond motifs is 5. The van der Waals surface area contributed by atoms with Crippen LogP contribution in [0.4, 0.5) is 9.59 Å². The molecule has 0 spiro atoms. The Morgan fingerprint density at radius 1 is 0.863 bits per heavy atom. The molecule has 0 unspecified atom stereocenters. The van der Waals surface area contributed by atoms with Gasteiger partial charge in [-0.2, -0.15) is 0 Å². The summed E-state index contributed by atoms with van der Waals surface area (Å²) in [6.07, 6.45) is -11.3. The van der Waals surface area contributed by atoms with E-state index in [0.717, 1.165) is 6.92 Å². The van der Waals surface area contributed by atoms with Gasteiger partial charge in [-0.15, -0.1) is 0 Å². The zero-order valence-corrected chi connectivity index (χ0v) is 47.3. The van der Waals surface area contributed by atoms with Crippen molar-refractivity contribution in [1.29, 1.82) is 0 Å². The minimum atomic E-state index is -2.49. The quantitative estimate of drug-likeness (QED) is 0.0250. The molecule has 3 aromatic carbocycles. The monoisotopic (exact) mass is 1150 g/mol. The molecule has 0 aromatic heterocycles. The highest BCUT2D eigenvalue weighted by molar-refractivity contribution is 8.76. The molecule has 1 saturated heterocycles. The SMILES string of the molecule is CSSCCOC(=O)NNC(=O)c1ccc(OCC(=O)O[C@@H](C(=O)O[C@H]2C[C@@]3(O)[C@@H](OC(=O)c4ccccc4)[C@@H]4[C@]5(OC(C)=O)CO[C@@H]5C[C@H](O)[C@@]4(C)C(=O)[C@H](O)C(=C2C)C3(C)C)[C@@H](NC(=O)OC(C)(C)C)c2ccccc2)cc1. The van der Waals surface area contributed by atoms with E-state index in [9.17, 15) is 44.1 Å². The first-order chi connectivity index (χ1) is 37.7. The normalized spacial score (nSPS) is 27.3. The summed E-state index contributed by atoms with van der Waals surface area (Å²) in [6, 6.07) is 19.5. The summed E-state index contributed by atoms with van der Waals surface area (Å²) in [7, 11) is 3.00. The summed E-state index contributed by atoms with van der Waals surface area (Å²) in [5.41, 5.74) is -4.61. The Morgan fingerprint density at radius 2 is 1.51 bits per heavy atom. The van der Waals surface area contributed by atoms with E-state index in [1.54, 1.807) is 57.2 Å². The van der Waals surface area contributed by atoms with Crippen molar-refractivity contribution in [2.75, 3.05) is 31.8 Å². The summed E-state index contributed by atoms with van der Waals surface area (Å²) in [5, 5.41) is 41.0. The molecule has 3 aromatic rings. The molecule has 80 heavy (non-hydrogen) atoms. The lowest BCUT2D eigenvalue weighted by Gasteiger charge is -2.67. The van der Waals surface area contributed by atoms with Crippen LogP contribution in [0.3, 0.4) is 0 Å². The van der Waals surface area contributed by atoms with Gasteiger partial charge in [-0.3, -0.25) is 19.8 Å². The molecule has 3 fully saturated rings. The number of esters is 4. The first kappa shape index (κ1) is 60.9. The van der Waals surface area contributed by atoms with Crippen molar-refractivity contribution >= 4 is 69.3 Å². The van der Waals surface area contributed by atoms with Gasteiger partial charge >= 0.3 is 36.1 Å². The minimum absolute atomic E-state index is 0.0248. The lowest BCUT2D eigenvalue weighted by molar-refractivity contribution is -0.346. The van der Waals surface area contributed by atoms with Crippen LogP contribution in [0.25, 0.3) is 0 Å². The van der Waals surface area contributed by atoms with Crippen LogP contribution < -0.4 is 20.9 Å². The largest absolute Gasteiger partial charge is 0.482 e. The number of carbonyl (C=O) groups excluding carboxylic acids is 8. The summed E-state index contributed by atoms with van der Waals surface area (Å²) in [5.74, 6) is -6.98. The molecule has 7 rings (SSSR count). The van der Waals surface area contributed by atoms with Gasteiger partial charge in [0.05, 0.1) is 29.6 Å². The van der Waals surface area contributed by atoms with Crippen molar-refractivity contribution in [3.8, 4) is 5.75 Å². The van der Waals surface area contributed by atoms with E-state index in [1.165, 1.54) is 97.8 Å². The number of hydrogen-bond acceptors (Lipinski definition) is 21. The number of aliphatic hydroxyl groups is 3. The Balaban J connectivity index is 1.25. The minimum Gasteiger partial charge on any atom is -0.482 e. The van der Waals surface area contributed by atoms with E-state index in [0.29, 0.717) is 5.75 Å². The first-order valence-corrected chi connectivity index (χ1v) is 28.4. The first-order valence-electron chi connectivity index (χ1n) is 25.7. The van der Waals surface area contributed by atoms with Crippen molar-refractivity contribution in [1.82, 2.24) is 16.2 Å². The maximum Gasteiger partial charge on any atom is 0.426 e. The third kappa shape index (κ3) is 12.6. The van der Waals surface area contributed by atoms with Gasteiger partial charge in [-0.25, -0.2) is 29.4 Å². The summed E-state index contributed by atoms with van der Waals surface area (Å²) in [4.78, 5) is 110. The molecule has 3 amide bonds. The Morgan fingerprint density at radius 3 is 2.11 bits per heavy atom. The highest BCUT2D eigenvalue weighted by atomic mass is 33.1. The Labute approximate surface area is 470 Å². The predicted octanol–water partition coefficient (Wildman–Crippen LogP) is 5.27. The van der Waals surface area contributed by atoms with Gasteiger partial charge < -0.3 is 58.5 Å². The lowest BCUT2D eigenvalue weighted by Crippen LogP contribution is -2.81. The number of amides is 3. The maximum absolute atomic E-state index is 15.3. The Hall–Kier alpha value is -6.70. The number of alkyl carbamates (subject to hydrolysis) is 1. The average molecular weight is 1150 g/mol. The number of carbonyl (C=O) groups is 8. The molecule has 6 N–H and O–H groups in total. The predicted molar refractivity (Wildman–Crippen MR) is 287 cm³/mol. The van der Waals surface area contributed by atoms with Crippen LogP contribution in [-0.2, 0) is 52.3 Å². The number of hydrazine groups is 1. The molecule has 1 aliphatic heterocycles. The summed E-state index contributed by atoms with van der Waals surface area (Å²) in [6.45, 7) is 10.7. The smallest absolute Gasteiger partial charge is 0.426 e. The molecule has 432 valence electrons. The molecule has 1 heterocycles. The zero-order chi connectivity index (χ0) is 58.5. The van der Waals surface area contributed by atoms with E-state index in [4.69, 9.17) is 37.9 Å². The van der Waals surface area contributed by atoms with Gasteiger partial charge in [0.25, 0.3) is 5.91 Å². The van der Waals surface area contributed by atoms with Gasteiger partial charge in [0.2, 0.25) is 6.10 Å². The van der Waals surface area contributed by atoms with E-state index >= 15 is 9.59 Å². The molecule has 2 bridgehead atoms. The van der Waals surface area contributed by atoms with Gasteiger partial charge in [-0.1, -0.05) is 84.0 Å². The van der Waals surface area contributed by atoms with Crippen molar-refractivity contribution in [2.24, 2.45) is 16.7 Å². The standard InChI is InChI=1S/C56H67N3O19S2/c1-30-36(27-56(70)46(76-48(66)34-18-14-11-15-19-34)44-54(8,45(64)42(63)40(30)53(56,6)7)37(61)26-38-55(44,29-73-38)77-31(2)60)74-49(67)43(41(32-16-12-10-13-17-32)57-50(68)78-52(3,4)5)75-39(62)28-72-35-22-20-33(21-23-35)47(65)58-59-51(69)71-24-25-80-79-9/h10-23,36-38,41-44,46,61,63,70H,24-29H2,1-9H3,(H,57,68)(H,58,65)(H,59,69)/t36-,37-,38+,41-,42+,43+,44-,46-,54+,55-,56+/m0/s1. The molecule has 24 heteroatoms. The average Bonchev–Trinajstić information content (AvgIpc) is 3.60. The van der Waals surface area contributed by atoms with Crippen LogP contribution in [-0.4, -0.2) is 148 Å². The fourth-order valence-electron chi connectivity index (χ4n) is 11.2. The van der Waals surface area contributed by atoms with Crippen LogP contribution in [0.1, 0.15) is 101 Å². The van der Waals surface area contributed by atoms with Gasteiger partial charge in [0, 0.05) is 36.5 Å². The molecule has 0 radical (unpaired) electrons. The second-order valence-corrected chi connectivity index (χ2v) is 24.2. The number of ketones is 1. The van der Waals surface area contributed by atoms with Crippen LogP contribution in [0.5, 0.6) is 5.75 Å². The second kappa shape index (κ2) is 24.6. The van der Waals surface area contributed by atoms with Gasteiger partial charge in [0.15, 0.2) is 18.0 Å². The number of benzene rings is 3. The number of nitrogens with one attached hydrogen (secondary N) is 3. The topological polar surface area (TPSA) is 307 Å². The van der Waals surface area contributed by atoms with E-state index in [2.05, 4.69) is 16.2 Å². The molecule has 11 atom stereocenters. The highest BCUT2D eigenvalue weighted by Gasteiger charge is 2.78. The second-order valence-electron chi connectivity index (χ2n) is 21.6. The third-order valence-corrected chi connectivity index (χ3v) is 16.8. The lowest BCUT2D eigenvalue weighted by atomic mass is 9.44. The fraction of sp³-hybridized carbons (Fsp3) is 0.500. The number of aliphatic hydroxyl groups excluding tert-OH is 2. The van der Waals surface area contributed by atoms with Crippen LogP contribution in [0.15, 0.2) is 96.1 Å². The van der Waals surface area contributed by atoms with Crippen molar-refractivity contribution in [2.45, 2.75) is 128 Å². The Kier molecular flexibility index (Phi) is 18.7. The summed E-state index contributed by atoms with van der Waals surface area (Å²) < 4.78 is 46.8. The molecule has 2 saturated carbocycles. The maximum atomic E-state index is 15.3. The van der Waals surface area contributed by atoms with E-state index < -0.39 is 137 Å². The number of hydrogen-bond donors (Lipinski definition) is 6. The molecular weight excluding hydrogens is 1080 g/mol.